The van der Waals surface area contributed by atoms with Crippen molar-refractivity contribution in [3.05, 3.63) is 65.0 Å². The van der Waals surface area contributed by atoms with Crippen LogP contribution in [0.3, 0.4) is 0 Å². The van der Waals surface area contributed by atoms with Gasteiger partial charge in [-0.3, -0.25) is 9.59 Å². The summed E-state index contributed by atoms with van der Waals surface area (Å²) in [5.74, 6) is -1.50. The molecule has 0 bridgehead atoms. The summed E-state index contributed by atoms with van der Waals surface area (Å²) in [5, 5.41) is 11.1. The van der Waals surface area contributed by atoms with Crippen molar-refractivity contribution in [2.75, 3.05) is 33.0 Å². The zero-order valence-corrected chi connectivity index (χ0v) is 18.1. The second-order valence-corrected chi connectivity index (χ2v) is 8.48. The number of amides is 1. The van der Waals surface area contributed by atoms with E-state index in [2.05, 4.69) is 4.90 Å². The summed E-state index contributed by atoms with van der Waals surface area (Å²) >= 11 is 0. The summed E-state index contributed by atoms with van der Waals surface area (Å²) in [6.07, 6.45) is 3.38. The number of halogens is 1. The number of benzene rings is 2. The maximum absolute atomic E-state index is 14.9. The van der Waals surface area contributed by atoms with Gasteiger partial charge in [-0.05, 0) is 50.2 Å². The summed E-state index contributed by atoms with van der Waals surface area (Å²) in [6, 6.07) is 9.80. The molecule has 33 heavy (non-hydrogen) atoms. The average Bonchev–Trinajstić information content (AvgIpc) is 3.40. The van der Waals surface area contributed by atoms with Gasteiger partial charge in [-0.15, -0.1) is 0 Å². The summed E-state index contributed by atoms with van der Waals surface area (Å²) in [6.45, 7) is 2.79. The standard InChI is InChI=1S/C25H25FN2O5/c26-18-7-3-2-6-17(18)22-21(23(29)16-8-9-19-20(14-16)33-15-32-19)24(30)25(31)28(22)13-12-27-10-4-1-5-11-27/h2-3,6-9,14,22,29H,1,4-5,10-13,15H2/b23-21+. The van der Waals surface area contributed by atoms with E-state index in [0.717, 1.165) is 25.9 Å². The molecule has 5 rings (SSSR count). The van der Waals surface area contributed by atoms with E-state index in [0.29, 0.717) is 23.6 Å². The van der Waals surface area contributed by atoms with Crippen molar-refractivity contribution in [1.82, 2.24) is 9.80 Å². The molecule has 2 fully saturated rings. The molecule has 7 nitrogen and oxygen atoms in total. The first-order valence-electron chi connectivity index (χ1n) is 11.2. The quantitative estimate of drug-likeness (QED) is 0.425. The number of likely N-dealkylation sites (tertiary alicyclic amines) is 2. The number of aliphatic hydroxyl groups excluding tert-OH is 1. The largest absolute Gasteiger partial charge is 0.507 e. The average molecular weight is 452 g/mol. The van der Waals surface area contributed by atoms with E-state index in [1.165, 1.54) is 17.4 Å². The third-order valence-corrected chi connectivity index (χ3v) is 6.49. The summed E-state index contributed by atoms with van der Waals surface area (Å²) < 4.78 is 25.6. The van der Waals surface area contributed by atoms with E-state index in [1.807, 2.05) is 0 Å². The number of hydrogen-bond donors (Lipinski definition) is 1. The first-order valence-corrected chi connectivity index (χ1v) is 11.2. The summed E-state index contributed by atoms with van der Waals surface area (Å²) in [5.41, 5.74) is 0.356. The number of nitrogens with zero attached hydrogens (tertiary/aromatic N) is 2. The lowest BCUT2D eigenvalue weighted by atomic mass is 9.95. The second-order valence-electron chi connectivity index (χ2n) is 8.48. The van der Waals surface area contributed by atoms with Crippen LogP contribution in [0.25, 0.3) is 5.76 Å². The molecule has 1 N–H and O–H groups in total. The molecule has 0 radical (unpaired) electrons. The lowest BCUT2D eigenvalue weighted by Crippen LogP contribution is -2.40. The zero-order chi connectivity index (χ0) is 22.9. The highest BCUT2D eigenvalue weighted by atomic mass is 19.1. The van der Waals surface area contributed by atoms with Crippen molar-refractivity contribution in [2.24, 2.45) is 0 Å². The molecule has 2 aromatic carbocycles. The molecule has 172 valence electrons. The minimum Gasteiger partial charge on any atom is -0.507 e. The van der Waals surface area contributed by atoms with Gasteiger partial charge in [0.1, 0.15) is 11.6 Å². The molecule has 3 aliphatic heterocycles. The molecule has 3 heterocycles. The highest BCUT2D eigenvalue weighted by Gasteiger charge is 2.47. The Bertz CT molecular complexity index is 1130. The Balaban J connectivity index is 1.55. The van der Waals surface area contributed by atoms with Crippen LogP contribution in [-0.2, 0) is 9.59 Å². The van der Waals surface area contributed by atoms with E-state index < -0.39 is 23.5 Å². The number of piperidine rings is 1. The smallest absolute Gasteiger partial charge is 0.295 e. The van der Waals surface area contributed by atoms with Crippen molar-refractivity contribution in [3.63, 3.8) is 0 Å². The lowest BCUT2D eigenvalue weighted by molar-refractivity contribution is -0.140. The SMILES string of the molecule is O=C1C(=O)N(CCN2CCCCC2)C(c2ccccc2F)/C1=C(\O)c1ccc2c(c1)OCO2. The molecule has 2 saturated heterocycles. The van der Waals surface area contributed by atoms with E-state index >= 15 is 0 Å². The molecule has 0 spiro atoms. The Morgan fingerprint density at radius 1 is 1.00 bits per heavy atom. The molecule has 2 aromatic rings. The van der Waals surface area contributed by atoms with E-state index in [9.17, 15) is 19.1 Å². The number of fused-ring (bicyclic) bond motifs is 1. The van der Waals surface area contributed by atoms with Crippen LogP contribution < -0.4 is 9.47 Å². The topological polar surface area (TPSA) is 79.3 Å². The van der Waals surface area contributed by atoms with Crippen molar-refractivity contribution < 1.29 is 28.6 Å². The predicted octanol–water partition coefficient (Wildman–Crippen LogP) is 3.46. The van der Waals surface area contributed by atoms with Gasteiger partial charge in [0.2, 0.25) is 6.79 Å². The molecule has 3 aliphatic rings. The number of ketones is 1. The van der Waals surface area contributed by atoms with Gasteiger partial charge in [0.25, 0.3) is 11.7 Å². The minimum absolute atomic E-state index is 0.0651. The van der Waals surface area contributed by atoms with Gasteiger partial charge in [-0.25, -0.2) is 4.39 Å². The third kappa shape index (κ3) is 3.95. The van der Waals surface area contributed by atoms with Crippen LogP contribution in [0.4, 0.5) is 4.39 Å². The van der Waals surface area contributed by atoms with Gasteiger partial charge in [0.15, 0.2) is 11.5 Å². The van der Waals surface area contributed by atoms with E-state index in [-0.39, 0.29) is 30.2 Å². The maximum atomic E-state index is 14.9. The van der Waals surface area contributed by atoms with Crippen LogP contribution in [0.1, 0.15) is 36.4 Å². The Morgan fingerprint density at radius 3 is 2.55 bits per heavy atom. The fraction of sp³-hybridized carbons (Fsp3) is 0.360. The second kappa shape index (κ2) is 8.86. The molecular formula is C25H25FN2O5. The molecule has 1 atom stereocenters. The van der Waals surface area contributed by atoms with Crippen molar-refractivity contribution >= 4 is 17.4 Å². The number of hydrogen-bond acceptors (Lipinski definition) is 6. The Kier molecular flexibility index (Phi) is 5.76. The van der Waals surface area contributed by atoms with Gasteiger partial charge in [0.05, 0.1) is 11.6 Å². The Labute approximate surface area is 191 Å². The maximum Gasteiger partial charge on any atom is 0.295 e. The van der Waals surface area contributed by atoms with Crippen LogP contribution in [0.5, 0.6) is 11.5 Å². The third-order valence-electron chi connectivity index (χ3n) is 6.49. The molecule has 0 saturated carbocycles. The monoisotopic (exact) mass is 452 g/mol. The molecule has 8 heteroatoms. The Morgan fingerprint density at radius 2 is 1.76 bits per heavy atom. The predicted molar refractivity (Wildman–Crippen MR) is 118 cm³/mol. The zero-order valence-electron chi connectivity index (χ0n) is 18.1. The number of carbonyl (C=O) groups excluding carboxylic acids is 2. The minimum atomic E-state index is -1.01. The van der Waals surface area contributed by atoms with Crippen LogP contribution >= 0.6 is 0 Å². The number of carbonyl (C=O) groups is 2. The number of aliphatic hydroxyl groups is 1. The molecule has 1 unspecified atom stereocenters. The lowest BCUT2D eigenvalue weighted by Gasteiger charge is -2.31. The van der Waals surface area contributed by atoms with E-state index in [1.54, 1.807) is 36.4 Å². The van der Waals surface area contributed by atoms with Crippen LogP contribution in [-0.4, -0.2) is 59.6 Å². The molecule has 0 aliphatic carbocycles. The highest BCUT2D eigenvalue weighted by molar-refractivity contribution is 6.46. The summed E-state index contributed by atoms with van der Waals surface area (Å²) in [7, 11) is 0. The fourth-order valence-electron chi connectivity index (χ4n) is 4.76. The van der Waals surface area contributed by atoms with Crippen LogP contribution in [0.2, 0.25) is 0 Å². The Hall–Kier alpha value is -3.39. The first kappa shape index (κ1) is 21.5. The van der Waals surface area contributed by atoms with Gasteiger partial charge >= 0.3 is 0 Å². The number of rotatable bonds is 5. The van der Waals surface area contributed by atoms with Crippen molar-refractivity contribution in [1.29, 1.82) is 0 Å². The van der Waals surface area contributed by atoms with Gasteiger partial charge in [-0.2, -0.15) is 0 Å². The van der Waals surface area contributed by atoms with Crippen LogP contribution in [0, 0.1) is 5.82 Å². The fourth-order valence-corrected chi connectivity index (χ4v) is 4.76. The molecule has 0 aromatic heterocycles. The normalized spacial score (nSPS) is 22.2. The molecule has 1 amide bonds. The van der Waals surface area contributed by atoms with Gasteiger partial charge < -0.3 is 24.4 Å². The van der Waals surface area contributed by atoms with Crippen LogP contribution in [0.15, 0.2) is 48.0 Å². The van der Waals surface area contributed by atoms with Gasteiger partial charge in [0, 0.05) is 24.2 Å². The van der Waals surface area contributed by atoms with Crippen molar-refractivity contribution in [2.45, 2.75) is 25.3 Å². The first-order chi connectivity index (χ1) is 16.0. The van der Waals surface area contributed by atoms with Gasteiger partial charge in [-0.1, -0.05) is 24.6 Å². The highest BCUT2D eigenvalue weighted by Crippen LogP contribution is 2.42. The van der Waals surface area contributed by atoms with Crippen molar-refractivity contribution in [3.8, 4) is 11.5 Å². The number of Topliss-reactive ketones (excluding diaryl/α,β-unsaturated/α-hetero) is 1. The van der Waals surface area contributed by atoms with E-state index in [4.69, 9.17) is 9.47 Å². The molecular weight excluding hydrogens is 427 g/mol. The summed E-state index contributed by atoms with van der Waals surface area (Å²) in [4.78, 5) is 29.8. The number of ether oxygens (including phenoxy) is 2.